The molecule has 0 aliphatic rings. The Morgan fingerprint density at radius 3 is 2.84 bits per heavy atom. The van der Waals surface area contributed by atoms with Crippen LogP contribution in [0, 0.1) is 0 Å². The molecule has 104 valence electrons. The first-order chi connectivity index (χ1) is 9.24. The highest BCUT2D eigenvalue weighted by Crippen LogP contribution is 2.24. The van der Waals surface area contributed by atoms with Gasteiger partial charge in [0.1, 0.15) is 0 Å². The second-order valence-electron chi connectivity index (χ2n) is 4.70. The number of nitrogen functional groups attached to an aromatic ring is 1. The third-order valence-electron chi connectivity index (χ3n) is 3.47. The minimum absolute atomic E-state index is 0.775. The summed E-state index contributed by atoms with van der Waals surface area (Å²) in [4.78, 5) is 2.42. The summed E-state index contributed by atoms with van der Waals surface area (Å²) in [5.41, 5.74) is 8.80. The van der Waals surface area contributed by atoms with Crippen molar-refractivity contribution in [2.75, 3.05) is 37.2 Å². The van der Waals surface area contributed by atoms with Crippen molar-refractivity contribution in [2.45, 2.75) is 20.3 Å². The van der Waals surface area contributed by atoms with E-state index in [4.69, 9.17) is 5.73 Å². The number of nitrogens with one attached hydrogen (secondary N) is 2. The van der Waals surface area contributed by atoms with Crippen LogP contribution < -0.4 is 11.1 Å². The van der Waals surface area contributed by atoms with Crippen LogP contribution in [0.15, 0.2) is 18.3 Å². The SMILES string of the molecule is CCN(CC)CCCNc1cc2[nH]ncc2cc1N. The summed E-state index contributed by atoms with van der Waals surface area (Å²) in [6.45, 7) is 8.66. The van der Waals surface area contributed by atoms with Crippen molar-refractivity contribution in [1.82, 2.24) is 15.1 Å². The number of nitrogens with zero attached hydrogens (tertiary/aromatic N) is 2. The van der Waals surface area contributed by atoms with Crippen LogP contribution in [0.1, 0.15) is 20.3 Å². The second-order valence-corrected chi connectivity index (χ2v) is 4.70. The molecule has 5 heteroatoms. The molecule has 0 spiro atoms. The maximum absolute atomic E-state index is 6.03. The smallest absolute Gasteiger partial charge is 0.0672 e. The lowest BCUT2D eigenvalue weighted by Gasteiger charge is -2.18. The average Bonchev–Trinajstić information content (AvgIpc) is 2.86. The van der Waals surface area contributed by atoms with Crippen molar-refractivity contribution < 1.29 is 0 Å². The summed E-state index contributed by atoms with van der Waals surface area (Å²) in [6, 6.07) is 3.97. The second kappa shape index (κ2) is 6.43. The van der Waals surface area contributed by atoms with Crippen LogP contribution in [0.5, 0.6) is 0 Å². The van der Waals surface area contributed by atoms with Gasteiger partial charge in [-0.15, -0.1) is 0 Å². The molecule has 0 atom stereocenters. The van der Waals surface area contributed by atoms with Gasteiger partial charge in [-0.05, 0) is 38.2 Å². The number of hydrogen-bond acceptors (Lipinski definition) is 4. The molecule has 0 radical (unpaired) electrons. The van der Waals surface area contributed by atoms with Gasteiger partial charge in [0.05, 0.1) is 23.1 Å². The van der Waals surface area contributed by atoms with E-state index in [1.165, 1.54) is 0 Å². The van der Waals surface area contributed by atoms with Gasteiger partial charge < -0.3 is 16.0 Å². The number of aromatic amines is 1. The Balaban J connectivity index is 1.89. The zero-order chi connectivity index (χ0) is 13.7. The fraction of sp³-hybridized carbons (Fsp3) is 0.500. The van der Waals surface area contributed by atoms with Gasteiger partial charge >= 0.3 is 0 Å². The van der Waals surface area contributed by atoms with Gasteiger partial charge in [-0.3, -0.25) is 5.10 Å². The maximum Gasteiger partial charge on any atom is 0.0672 e. The minimum atomic E-state index is 0.775. The lowest BCUT2D eigenvalue weighted by Crippen LogP contribution is -2.25. The van der Waals surface area contributed by atoms with Crippen molar-refractivity contribution in [3.8, 4) is 0 Å². The van der Waals surface area contributed by atoms with Crippen LogP contribution in [-0.4, -0.2) is 41.3 Å². The summed E-state index contributed by atoms with van der Waals surface area (Å²) < 4.78 is 0. The van der Waals surface area contributed by atoms with Crippen LogP contribution in [-0.2, 0) is 0 Å². The lowest BCUT2D eigenvalue weighted by molar-refractivity contribution is 0.303. The molecule has 0 unspecified atom stereocenters. The predicted octanol–water partition coefficient (Wildman–Crippen LogP) is 2.29. The summed E-state index contributed by atoms with van der Waals surface area (Å²) in [5, 5.41) is 11.4. The summed E-state index contributed by atoms with van der Waals surface area (Å²) in [6.07, 6.45) is 2.90. The summed E-state index contributed by atoms with van der Waals surface area (Å²) in [5.74, 6) is 0. The molecule has 0 bridgehead atoms. The zero-order valence-corrected chi connectivity index (χ0v) is 11.7. The fourth-order valence-corrected chi connectivity index (χ4v) is 2.23. The van der Waals surface area contributed by atoms with Crippen LogP contribution in [0.25, 0.3) is 10.9 Å². The first kappa shape index (κ1) is 13.7. The molecule has 4 N–H and O–H groups in total. The monoisotopic (exact) mass is 261 g/mol. The van der Waals surface area contributed by atoms with E-state index in [2.05, 4.69) is 34.3 Å². The fourth-order valence-electron chi connectivity index (χ4n) is 2.23. The van der Waals surface area contributed by atoms with Gasteiger partial charge in [-0.1, -0.05) is 13.8 Å². The van der Waals surface area contributed by atoms with E-state index in [0.717, 1.165) is 54.9 Å². The Hall–Kier alpha value is -1.75. The summed E-state index contributed by atoms with van der Waals surface area (Å²) in [7, 11) is 0. The first-order valence-corrected chi connectivity index (χ1v) is 6.93. The van der Waals surface area contributed by atoms with Crippen molar-refractivity contribution in [1.29, 1.82) is 0 Å². The highest BCUT2D eigenvalue weighted by atomic mass is 15.1. The predicted molar refractivity (Wildman–Crippen MR) is 81.4 cm³/mol. The van der Waals surface area contributed by atoms with E-state index in [0.29, 0.717) is 0 Å². The van der Waals surface area contributed by atoms with E-state index in [1.54, 1.807) is 6.20 Å². The number of H-pyrrole nitrogens is 1. The Bertz CT molecular complexity index is 516. The average molecular weight is 261 g/mol. The third kappa shape index (κ3) is 3.38. The van der Waals surface area contributed by atoms with Gasteiger partial charge in [-0.25, -0.2) is 0 Å². The van der Waals surface area contributed by atoms with E-state index >= 15 is 0 Å². The highest BCUT2D eigenvalue weighted by Gasteiger charge is 2.04. The van der Waals surface area contributed by atoms with E-state index in [9.17, 15) is 0 Å². The number of fused-ring (bicyclic) bond motifs is 1. The molecule has 1 aromatic carbocycles. The molecular formula is C14H23N5. The Labute approximate surface area is 114 Å². The van der Waals surface area contributed by atoms with Crippen LogP contribution in [0.3, 0.4) is 0 Å². The number of benzene rings is 1. The van der Waals surface area contributed by atoms with Crippen molar-refractivity contribution in [3.05, 3.63) is 18.3 Å². The Kier molecular flexibility index (Phi) is 4.63. The molecule has 5 nitrogen and oxygen atoms in total. The molecule has 19 heavy (non-hydrogen) atoms. The van der Waals surface area contributed by atoms with Gasteiger partial charge in [0, 0.05) is 11.9 Å². The van der Waals surface area contributed by atoms with Crippen LogP contribution >= 0.6 is 0 Å². The van der Waals surface area contributed by atoms with Gasteiger partial charge in [0.25, 0.3) is 0 Å². The van der Waals surface area contributed by atoms with Crippen molar-refractivity contribution >= 4 is 22.3 Å². The molecule has 2 aromatic rings. The zero-order valence-electron chi connectivity index (χ0n) is 11.7. The minimum Gasteiger partial charge on any atom is -0.397 e. The molecule has 1 heterocycles. The number of hydrogen-bond donors (Lipinski definition) is 3. The molecule has 0 aliphatic heterocycles. The van der Waals surface area contributed by atoms with Crippen molar-refractivity contribution in [3.63, 3.8) is 0 Å². The lowest BCUT2D eigenvalue weighted by atomic mass is 10.2. The Morgan fingerprint density at radius 1 is 1.32 bits per heavy atom. The molecule has 2 rings (SSSR count). The highest BCUT2D eigenvalue weighted by molar-refractivity contribution is 5.88. The van der Waals surface area contributed by atoms with Gasteiger partial charge in [0.2, 0.25) is 0 Å². The number of nitrogens with two attached hydrogens (primary N) is 1. The quantitative estimate of drug-likeness (QED) is 0.528. The third-order valence-corrected chi connectivity index (χ3v) is 3.47. The molecule has 0 amide bonds. The maximum atomic E-state index is 6.03. The Morgan fingerprint density at radius 2 is 2.11 bits per heavy atom. The first-order valence-electron chi connectivity index (χ1n) is 6.93. The number of anilines is 2. The summed E-state index contributed by atoms with van der Waals surface area (Å²) >= 11 is 0. The molecular weight excluding hydrogens is 238 g/mol. The standard InChI is InChI=1S/C14H23N5/c1-3-19(4-2)7-5-6-16-14-9-13-11(8-12(14)15)10-17-18-13/h8-10,16H,3-7,15H2,1-2H3,(H,17,18). The topological polar surface area (TPSA) is 70.0 Å². The molecule has 0 saturated heterocycles. The normalized spacial score (nSPS) is 11.3. The largest absolute Gasteiger partial charge is 0.397 e. The van der Waals surface area contributed by atoms with Gasteiger partial charge in [0.15, 0.2) is 0 Å². The molecule has 0 fully saturated rings. The van der Waals surface area contributed by atoms with Gasteiger partial charge in [-0.2, -0.15) is 5.10 Å². The van der Waals surface area contributed by atoms with Crippen LogP contribution in [0.2, 0.25) is 0 Å². The van der Waals surface area contributed by atoms with E-state index in [-0.39, 0.29) is 0 Å². The van der Waals surface area contributed by atoms with E-state index < -0.39 is 0 Å². The number of aromatic nitrogens is 2. The van der Waals surface area contributed by atoms with Crippen LogP contribution in [0.4, 0.5) is 11.4 Å². The van der Waals surface area contributed by atoms with Crippen molar-refractivity contribution in [2.24, 2.45) is 0 Å². The molecule has 0 aliphatic carbocycles. The van der Waals surface area contributed by atoms with E-state index in [1.807, 2.05) is 12.1 Å². The molecule has 1 aromatic heterocycles. The number of rotatable bonds is 7. The molecule has 0 saturated carbocycles.